The lowest BCUT2D eigenvalue weighted by Crippen LogP contribution is -2.36. The molecule has 2 aromatic carbocycles. The minimum Gasteiger partial charge on any atom is -0.465 e. The van der Waals surface area contributed by atoms with Gasteiger partial charge < -0.3 is 19.7 Å². The number of hydrogen-bond donors (Lipinski definition) is 1. The fraction of sp³-hybridized carbons (Fsp3) is 0.217. The van der Waals surface area contributed by atoms with Crippen molar-refractivity contribution >= 4 is 29.2 Å². The SMILES string of the molecule is COC(=O)c1ccc(C(=O)OC)c(N/C=C(/C#N)C(=O)N2CCCc3ccccc32)c1. The Kier molecular flexibility index (Phi) is 6.67. The zero-order chi connectivity index (χ0) is 22.4. The van der Waals surface area contributed by atoms with Gasteiger partial charge in [0.05, 0.1) is 31.0 Å². The van der Waals surface area contributed by atoms with Gasteiger partial charge >= 0.3 is 11.9 Å². The quantitative estimate of drug-likeness (QED) is 0.451. The first kappa shape index (κ1) is 21.6. The molecule has 1 N–H and O–H groups in total. The summed E-state index contributed by atoms with van der Waals surface area (Å²) in [5, 5.41) is 12.4. The highest BCUT2D eigenvalue weighted by Gasteiger charge is 2.25. The number of esters is 2. The standard InChI is InChI=1S/C23H21N3O5/c1-30-22(28)16-9-10-18(23(29)31-2)19(12-16)25-14-17(13-24)21(27)26-11-5-7-15-6-3-4-8-20(15)26/h3-4,6,8-10,12,14,25H,5,7,11H2,1-2H3/b17-14-. The number of fused-ring (bicyclic) bond motifs is 1. The molecule has 158 valence electrons. The number of carbonyl (C=O) groups is 3. The fourth-order valence-electron chi connectivity index (χ4n) is 3.38. The number of rotatable bonds is 5. The number of methoxy groups -OCH3 is 2. The summed E-state index contributed by atoms with van der Waals surface area (Å²) in [7, 11) is 2.47. The summed E-state index contributed by atoms with van der Waals surface area (Å²) in [5.74, 6) is -1.68. The maximum absolute atomic E-state index is 13.0. The smallest absolute Gasteiger partial charge is 0.339 e. The van der Waals surface area contributed by atoms with Gasteiger partial charge in [-0.15, -0.1) is 0 Å². The minimum atomic E-state index is -0.637. The number of ether oxygens (including phenoxy) is 2. The van der Waals surface area contributed by atoms with Gasteiger partial charge in [-0.25, -0.2) is 9.59 Å². The second-order valence-corrected chi connectivity index (χ2v) is 6.75. The van der Waals surface area contributed by atoms with Crippen molar-refractivity contribution in [3.8, 4) is 6.07 Å². The average molecular weight is 419 g/mol. The van der Waals surface area contributed by atoms with Gasteiger partial charge in [0, 0.05) is 18.4 Å². The van der Waals surface area contributed by atoms with Crippen molar-refractivity contribution in [3.63, 3.8) is 0 Å². The molecule has 0 unspecified atom stereocenters. The van der Waals surface area contributed by atoms with Crippen molar-refractivity contribution < 1.29 is 23.9 Å². The molecule has 1 amide bonds. The van der Waals surface area contributed by atoms with Crippen LogP contribution in [0.5, 0.6) is 0 Å². The van der Waals surface area contributed by atoms with Gasteiger partial charge in [-0.1, -0.05) is 18.2 Å². The number of aryl methyl sites for hydroxylation is 1. The molecule has 3 rings (SSSR count). The Balaban J connectivity index is 1.92. The van der Waals surface area contributed by atoms with Crippen LogP contribution in [0.2, 0.25) is 0 Å². The average Bonchev–Trinajstić information content (AvgIpc) is 2.82. The van der Waals surface area contributed by atoms with Crippen LogP contribution < -0.4 is 10.2 Å². The summed E-state index contributed by atoms with van der Waals surface area (Å²) in [5.41, 5.74) is 2.22. The number of anilines is 2. The predicted molar refractivity (Wildman–Crippen MR) is 114 cm³/mol. The first-order chi connectivity index (χ1) is 15.0. The first-order valence-electron chi connectivity index (χ1n) is 9.57. The summed E-state index contributed by atoms with van der Waals surface area (Å²) in [6, 6.07) is 13.7. The Bertz CT molecular complexity index is 1100. The lowest BCUT2D eigenvalue weighted by molar-refractivity contribution is -0.114. The molecule has 0 aromatic heterocycles. The molecule has 0 aliphatic carbocycles. The second kappa shape index (κ2) is 9.59. The van der Waals surface area contributed by atoms with E-state index in [0.29, 0.717) is 6.54 Å². The maximum Gasteiger partial charge on any atom is 0.339 e. The molecule has 1 aliphatic rings. The minimum absolute atomic E-state index is 0.138. The van der Waals surface area contributed by atoms with Crippen LogP contribution in [0.15, 0.2) is 54.2 Å². The van der Waals surface area contributed by atoms with Gasteiger partial charge in [-0.3, -0.25) is 4.79 Å². The number of hydrogen-bond acceptors (Lipinski definition) is 7. The number of amides is 1. The highest BCUT2D eigenvalue weighted by atomic mass is 16.5. The van der Waals surface area contributed by atoms with Crippen LogP contribution in [0.25, 0.3) is 0 Å². The molecule has 0 bridgehead atoms. The van der Waals surface area contributed by atoms with Crippen molar-refractivity contribution in [2.75, 3.05) is 31.0 Å². The molecule has 8 nitrogen and oxygen atoms in total. The summed E-state index contributed by atoms with van der Waals surface area (Å²) in [6.07, 6.45) is 2.89. The number of benzene rings is 2. The molecular weight excluding hydrogens is 398 g/mol. The van der Waals surface area contributed by atoms with Crippen LogP contribution in [-0.2, 0) is 20.7 Å². The van der Waals surface area contributed by atoms with Crippen molar-refractivity contribution in [1.82, 2.24) is 0 Å². The van der Waals surface area contributed by atoms with Gasteiger partial charge in [0.25, 0.3) is 5.91 Å². The molecule has 0 saturated heterocycles. The highest BCUT2D eigenvalue weighted by Crippen LogP contribution is 2.28. The van der Waals surface area contributed by atoms with Crippen LogP contribution in [0.3, 0.4) is 0 Å². The zero-order valence-corrected chi connectivity index (χ0v) is 17.2. The third kappa shape index (κ3) is 4.56. The Labute approximate surface area is 179 Å². The first-order valence-corrected chi connectivity index (χ1v) is 9.57. The fourth-order valence-corrected chi connectivity index (χ4v) is 3.38. The molecule has 0 fully saturated rings. The van der Waals surface area contributed by atoms with Gasteiger partial charge in [0.15, 0.2) is 0 Å². The van der Waals surface area contributed by atoms with Crippen molar-refractivity contribution in [2.24, 2.45) is 0 Å². The molecule has 0 radical (unpaired) electrons. The Morgan fingerprint density at radius 2 is 1.84 bits per heavy atom. The van der Waals surface area contributed by atoms with E-state index in [0.717, 1.165) is 24.1 Å². The Morgan fingerprint density at radius 1 is 1.10 bits per heavy atom. The zero-order valence-electron chi connectivity index (χ0n) is 17.2. The molecule has 8 heteroatoms. The predicted octanol–water partition coefficient (Wildman–Crippen LogP) is 3.06. The van der Waals surface area contributed by atoms with E-state index in [1.54, 1.807) is 4.90 Å². The van der Waals surface area contributed by atoms with E-state index >= 15 is 0 Å². The van der Waals surface area contributed by atoms with Crippen molar-refractivity contribution in [3.05, 3.63) is 70.9 Å². The Morgan fingerprint density at radius 3 is 2.55 bits per heavy atom. The summed E-state index contributed by atoms with van der Waals surface area (Å²) < 4.78 is 9.47. The van der Waals surface area contributed by atoms with E-state index in [9.17, 15) is 19.6 Å². The lowest BCUT2D eigenvalue weighted by atomic mass is 10.0. The van der Waals surface area contributed by atoms with Gasteiger partial charge in [0.1, 0.15) is 11.6 Å². The summed E-state index contributed by atoms with van der Waals surface area (Å²) >= 11 is 0. The van der Waals surface area contributed by atoms with E-state index in [-0.39, 0.29) is 22.4 Å². The third-order valence-electron chi connectivity index (χ3n) is 4.92. The number of nitrogens with one attached hydrogen (secondary N) is 1. The normalized spacial score (nSPS) is 12.9. The van der Waals surface area contributed by atoms with E-state index in [1.165, 1.54) is 38.6 Å². The molecule has 0 saturated carbocycles. The number of para-hydroxylation sites is 1. The van der Waals surface area contributed by atoms with Crippen LogP contribution in [-0.4, -0.2) is 38.6 Å². The molecule has 2 aromatic rings. The van der Waals surface area contributed by atoms with Crippen LogP contribution >= 0.6 is 0 Å². The van der Waals surface area contributed by atoms with Crippen LogP contribution in [0.4, 0.5) is 11.4 Å². The van der Waals surface area contributed by atoms with Gasteiger partial charge in [-0.05, 0) is 42.7 Å². The maximum atomic E-state index is 13.0. The number of nitriles is 1. The third-order valence-corrected chi connectivity index (χ3v) is 4.92. The van der Waals surface area contributed by atoms with Crippen LogP contribution in [0, 0.1) is 11.3 Å². The monoisotopic (exact) mass is 419 g/mol. The molecule has 31 heavy (non-hydrogen) atoms. The molecule has 1 heterocycles. The van der Waals surface area contributed by atoms with Crippen molar-refractivity contribution in [1.29, 1.82) is 5.26 Å². The van der Waals surface area contributed by atoms with Crippen LogP contribution in [0.1, 0.15) is 32.7 Å². The molecule has 0 atom stereocenters. The van der Waals surface area contributed by atoms with E-state index in [1.807, 2.05) is 30.3 Å². The number of nitrogens with zero attached hydrogens (tertiary/aromatic N) is 2. The largest absolute Gasteiger partial charge is 0.465 e. The second-order valence-electron chi connectivity index (χ2n) is 6.75. The summed E-state index contributed by atoms with van der Waals surface area (Å²) in [6.45, 7) is 0.500. The Hall–Kier alpha value is -4.12. The van der Waals surface area contributed by atoms with E-state index in [4.69, 9.17) is 9.47 Å². The van der Waals surface area contributed by atoms with Gasteiger partial charge in [0.2, 0.25) is 0 Å². The number of carbonyl (C=O) groups excluding carboxylic acids is 3. The van der Waals surface area contributed by atoms with E-state index < -0.39 is 17.8 Å². The van der Waals surface area contributed by atoms with Crippen molar-refractivity contribution in [2.45, 2.75) is 12.8 Å². The topological polar surface area (TPSA) is 109 Å². The molecular formula is C23H21N3O5. The lowest BCUT2D eigenvalue weighted by Gasteiger charge is -2.29. The molecule has 0 spiro atoms. The highest BCUT2D eigenvalue weighted by molar-refractivity contribution is 6.09. The van der Waals surface area contributed by atoms with Gasteiger partial charge in [-0.2, -0.15) is 5.26 Å². The molecule has 1 aliphatic heterocycles. The summed E-state index contributed by atoms with van der Waals surface area (Å²) in [4.78, 5) is 38.5. The van der Waals surface area contributed by atoms with E-state index in [2.05, 4.69) is 5.32 Å².